The lowest BCUT2D eigenvalue weighted by Gasteiger charge is -2.46. The van der Waals surface area contributed by atoms with Gasteiger partial charge in [0.05, 0.1) is 11.6 Å². The van der Waals surface area contributed by atoms with Gasteiger partial charge in [-0.05, 0) is 85.8 Å². The zero-order valence-electron chi connectivity index (χ0n) is 22.1. The first-order chi connectivity index (χ1) is 18.9. The minimum absolute atomic E-state index is 0.165. The van der Waals surface area contributed by atoms with E-state index in [2.05, 4.69) is 45.9 Å². The van der Waals surface area contributed by atoms with Gasteiger partial charge in [-0.25, -0.2) is 4.79 Å². The van der Waals surface area contributed by atoms with Gasteiger partial charge in [0, 0.05) is 33.7 Å². The lowest BCUT2D eigenvalue weighted by molar-refractivity contribution is 0.0925. The van der Waals surface area contributed by atoms with Crippen molar-refractivity contribution in [2.45, 2.75) is 56.4 Å². The van der Waals surface area contributed by atoms with Gasteiger partial charge >= 0.3 is 6.03 Å². The zero-order chi connectivity index (χ0) is 27.2. The van der Waals surface area contributed by atoms with Crippen LogP contribution in [0.25, 0.3) is 11.1 Å². The molecule has 5 nitrogen and oxygen atoms in total. The van der Waals surface area contributed by atoms with Gasteiger partial charge in [0.25, 0.3) is 0 Å². The van der Waals surface area contributed by atoms with Crippen LogP contribution < -0.4 is 10.6 Å². The molecule has 1 saturated carbocycles. The van der Waals surface area contributed by atoms with Gasteiger partial charge in [0.1, 0.15) is 0 Å². The summed E-state index contributed by atoms with van der Waals surface area (Å²) < 4.78 is 0. The Labute approximate surface area is 241 Å². The minimum Gasteiger partial charge on any atom is -0.337 e. The van der Waals surface area contributed by atoms with Crippen LogP contribution in [-0.4, -0.2) is 36.6 Å². The first-order valence-electron chi connectivity index (χ1n) is 13.8. The van der Waals surface area contributed by atoms with Crippen molar-refractivity contribution in [3.8, 4) is 17.2 Å². The summed E-state index contributed by atoms with van der Waals surface area (Å²) in [5.41, 5.74) is 4.39. The van der Waals surface area contributed by atoms with Gasteiger partial charge in [-0.15, -0.1) is 0 Å². The molecule has 1 heterocycles. The Morgan fingerprint density at radius 2 is 1.62 bits per heavy atom. The number of rotatable bonds is 6. The van der Waals surface area contributed by atoms with Crippen molar-refractivity contribution in [3.63, 3.8) is 0 Å². The van der Waals surface area contributed by atoms with E-state index >= 15 is 0 Å². The van der Waals surface area contributed by atoms with Gasteiger partial charge in [0.2, 0.25) is 0 Å². The van der Waals surface area contributed by atoms with E-state index in [1.165, 1.54) is 37.7 Å². The molecular weight excluding hydrogens is 527 g/mol. The Morgan fingerprint density at radius 1 is 0.923 bits per heavy atom. The Hall–Kier alpha value is -3.04. The van der Waals surface area contributed by atoms with Crippen LogP contribution in [0.4, 0.5) is 10.5 Å². The van der Waals surface area contributed by atoms with E-state index in [4.69, 9.17) is 23.2 Å². The van der Waals surface area contributed by atoms with Gasteiger partial charge < -0.3 is 15.5 Å². The molecule has 202 valence electrons. The molecule has 2 amide bonds. The fourth-order valence-corrected chi connectivity index (χ4v) is 6.69. The summed E-state index contributed by atoms with van der Waals surface area (Å²) in [6, 6.07) is 24.0. The number of carbonyl (C=O) groups is 1. The molecule has 2 N–H and O–H groups in total. The molecule has 0 radical (unpaired) electrons. The summed E-state index contributed by atoms with van der Waals surface area (Å²) in [5.74, 6) is 0. The number of nitrogens with one attached hydrogen (secondary N) is 2. The summed E-state index contributed by atoms with van der Waals surface area (Å²) in [4.78, 5) is 15.6. The SMILES string of the molecule is N#Cc1cccc(-c2ccc(C3(CNC(=O)Nc4cc(Cl)cc(Cl)c4)CCN(C4CCCCC4)CC3)cc2)c1. The molecule has 39 heavy (non-hydrogen) atoms. The Morgan fingerprint density at radius 3 is 2.28 bits per heavy atom. The molecule has 7 heteroatoms. The zero-order valence-corrected chi connectivity index (χ0v) is 23.6. The molecule has 1 saturated heterocycles. The number of hydrogen-bond donors (Lipinski definition) is 2. The van der Waals surface area contributed by atoms with Gasteiger partial charge in [-0.2, -0.15) is 5.26 Å². The normalized spacial score (nSPS) is 17.8. The molecule has 2 aliphatic rings. The summed E-state index contributed by atoms with van der Waals surface area (Å²) in [7, 11) is 0. The third-order valence-electron chi connectivity index (χ3n) is 8.38. The number of benzene rings is 3. The maximum absolute atomic E-state index is 12.9. The maximum Gasteiger partial charge on any atom is 0.319 e. The summed E-state index contributed by atoms with van der Waals surface area (Å²) in [6.07, 6.45) is 8.57. The average molecular weight is 562 g/mol. The molecule has 0 unspecified atom stereocenters. The van der Waals surface area contributed by atoms with Crippen LogP contribution in [-0.2, 0) is 5.41 Å². The van der Waals surface area contributed by atoms with Crippen molar-refractivity contribution < 1.29 is 4.79 Å². The predicted molar refractivity (Wildman–Crippen MR) is 159 cm³/mol. The smallest absolute Gasteiger partial charge is 0.319 e. The molecule has 2 fully saturated rings. The average Bonchev–Trinajstić information content (AvgIpc) is 2.96. The Balaban J connectivity index is 1.33. The monoisotopic (exact) mass is 560 g/mol. The topological polar surface area (TPSA) is 68.2 Å². The first-order valence-corrected chi connectivity index (χ1v) is 14.6. The fourth-order valence-electron chi connectivity index (χ4n) is 6.17. The number of anilines is 1. The van der Waals surface area contributed by atoms with Crippen LogP contribution in [0.5, 0.6) is 0 Å². The molecule has 0 atom stereocenters. The molecular formula is C32H34Cl2N4O. The van der Waals surface area contributed by atoms with Crippen molar-refractivity contribution in [2.24, 2.45) is 0 Å². The number of piperidine rings is 1. The highest BCUT2D eigenvalue weighted by atomic mass is 35.5. The van der Waals surface area contributed by atoms with Gasteiger partial charge in [-0.1, -0.05) is 78.9 Å². The van der Waals surface area contributed by atoms with Crippen molar-refractivity contribution in [1.29, 1.82) is 5.26 Å². The van der Waals surface area contributed by atoms with E-state index in [9.17, 15) is 10.1 Å². The van der Waals surface area contributed by atoms with Crippen molar-refractivity contribution in [3.05, 3.63) is 87.9 Å². The summed E-state index contributed by atoms with van der Waals surface area (Å²) in [5, 5.41) is 16.3. The molecule has 3 aromatic carbocycles. The largest absolute Gasteiger partial charge is 0.337 e. The molecule has 0 spiro atoms. The molecule has 5 rings (SSSR count). The van der Waals surface area contributed by atoms with E-state index in [-0.39, 0.29) is 11.4 Å². The fraction of sp³-hybridized carbons (Fsp3) is 0.375. The Kier molecular flexibility index (Phi) is 8.77. The van der Waals surface area contributed by atoms with Crippen LogP contribution in [0.1, 0.15) is 56.1 Å². The standard InChI is InChI=1S/C32H34Cl2N4O/c33-27-18-28(34)20-29(19-27)37-31(39)36-22-32(13-15-38(16-14-32)30-7-2-1-3-8-30)26-11-9-24(10-12-26)25-6-4-5-23(17-25)21-35/h4-6,9-12,17-20,30H,1-3,7-8,13-16,22H2,(H2,36,37,39). The predicted octanol–water partition coefficient (Wildman–Crippen LogP) is 8.02. The molecule has 1 aliphatic heterocycles. The second-order valence-corrected chi connectivity index (χ2v) is 11.7. The lowest BCUT2D eigenvalue weighted by atomic mass is 9.72. The molecule has 3 aromatic rings. The van der Waals surface area contributed by atoms with Crippen LogP contribution in [0, 0.1) is 11.3 Å². The summed E-state index contributed by atoms with van der Waals surface area (Å²) in [6.45, 7) is 2.60. The molecule has 0 bridgehead atoms. The Bertz CT molecular complexity index is 1320. The number of carbonyl (C=O) groups excluding carboxylic acids is 1. The van der Waals surface area contributed by atoms with E-state index in [1.807, 2.05) is 24.3 Å². The number of nitrogens with zero attached hydrogens (tertiary/aromatic N) is 2. The van der Waals surface area contributed by atoms with Crippen molar-refractivity contribution >= 4 is 34.9 Å². The second kappa shape index (κ2) is 12.4. The third kappa shape index (κ3) is 6.76. The quantitative estimate of drug-likeness (QED) is 0.320. The number of amides is 2. The highest BCUT2D eigenvalue weighted by Crippen LogP contribution is 2.38. The van der Waals surface area contributed by atoms with Gasteiger partial charge in [0.15, 0.2) is 0 Å². The lowest BCUT2D eigenvalue weighted by Crippen LogP contribution is -2.52. The van der Waals surface area contributed by atoms with Crippen LogP contribution >= 0.6 is 23.2 Å². The number of urea groups is 1. The van der Waals surface area contributed by atoms with Crippen molar-refractivity contribution in [1.82, 2.24) is 10.2 Å². The first kappa shape index (κ1) is 27.5. The number of nitriles is 1. The third-order valence-corrected chi connectivity index (χ3v) is 8.81. The van der Waals surface area contributed by atoms with Crippen LogP contribution in [0.3, 0.4) is 0 Å². The number of halogens is 2. The highest BCUT2D eigenvalue weighted by Gasteiger charge is 2.38. The van der Waals surface area contributed by atoms with E-state index in [0.29, 0.717) is 33.9 Å². The molecule has 0 aromatic heterocycles. The van der Waals surface area contributed by atoms with E-state index in [0.717, 1.165) is 37.1 Å². The van der Waals surface area contributed by atoms with E-state index in [1.54, 1.807) is 18.2 Å². The maximum atomic E-state index is 12.9. The number of hydrogen-bond acceptors (Lipinski definition) is 3. The van der Waals surface area contributed by atoms with Gasteiger partial charge in [-0.3, -0.25) is 0 Å². The number of likely N-dealkylation sites (tertiary alicyclic amines) is 1. The van der Waals surface area contributed by atoms with Crippen molar-refractivity contribution in [2.75, 3.05) is 25.0 Å². The molecule has 1 aliphatic carbocycles. The van der Waals surface area contributed by atoms with Crippen LogP contribution in [0.2, 0.25) is 10.0 Å². The van der Waals surface area contributed by atoms with Crippen LogP contribution in [0.15, 0.2) is 66.7 Å². The minimum atomic E-state index is -0.271. The second-order valence-electron chi connectivity index (χ2n) is 10.8. The summed E-state index contributed by atoms with van der Waals surface area (Å²) >= 11 is 12.2. The van der Waals surface area contributed by atoms with E-state index < -0.39 is 0 Å². The highest BCUT2D eigenvalue weighted by molar-refractivity contribution is 6.35.